The molecule has 0 aliphatic carbocycles. The topological polar surface area (TPSA) is 48.9 Å². The minimum Gasteiger partial charge on any atom is -0.386 e. The van der Waals surface area contributed by atoms with E-state index in [9.17, 15) is 5.11 Å². The molecule has 0 aliphatic rings. The summed E-state index contributed by atoms with van der Waals surface area (Å²) in [6.07, 6.45) is 1.65. The van der Waals surface area contributed by atoms with Crippen LogP contribution in [0.25, 0.3) is 0 Å². The highest BCUT2D eigenvalue weighted by Crippen LogP contribution is 2.20. The van der Waals surface area contributed by atoms with Gasteiger partial charge in [0.05, 0.1) is 11.8 Å². The van der Waals surface area contributed by atoms with Crippen molar-refractivity contribution < 1.29 is 5.11 Å². The summed E-state index contributed by atoms with van der Waals surface area (Å²) in [6.45, 7) is 5.37. The number of nitrogens with one attached hydrogen (secondary N) is 1. The van der Waals surface area contributed by atoms with Gasteiger partial charge in [-0.2, -0.15) is 5.10 Å². The molecule has 2 N–H and O–H groups in total. The quantitative estimate of drug-likeness (QED) is 0.610. The summed E-state index contributed by atoms with van der Waals surface area (Å²) in [6, 6.07) is 0. The third-order valence-corrected chi connectivity index (χ3v) is 1.49. The molecule has 3 nitrogen and oxygen atoms in total. The van der Waals surface area contributed by atoms with Crippen LogP contribution in [0.3, 0.4) is 0 Å². The SMILES string of the molecule is Cc1[nH]ncc1C(C)(C)O. The Hall–Kier alpha value is -0.830. The Balaban J connectivity index is 3.05. The van der Waals surface area contributed by atoms with Crippen LogP contribution in [0, 0.1) is 6.92 Å². The first-order valence-corrected chi connectivity index (χ1v) is 3.24. The van der Waals surface area contributed by atoms with Crippen molar-refractivity contribution in [3.05, 3.63) is 17.5 Å². The highest BCUT2D eigenvalue weighted by Gasteiger charge is 2.19. The predicted molar refractivity (Wildman–Crippen MR) is 38.6 cm³/mol. The molecule has 0 aromatic carbocycles. The van der Waals surface area contributed by atoms with Crippen molar-refractivity contribution in [2.24, 2.45) is 0 Å². The fraction of sp³-hybridized carbons (Fsp3) is 0.571. The van der Waals surface area contributed by atoms with E-state index in [1.54, 1.807) is 20.0 Å². The molecule has 10 heavy (non-hydrogen) atoms. The van der Waals surface area contributed by atoms with Gasteiger partial charge in [-0.25, -0.2) is 0 Å². The normalized spacial score (nSPS) is 12.0. The molecular formula is C7H12N2O. The van der Waals surface area contributed by atoms with Crippen molar-refractivity contribution in [2.45, 2.75) is 26.4 Å². The summed E-state index contributed by atoms with van der Waals surface area (Å²) in [7, 11) is 0. The fourth-order valence-electron chi connectivity index (χ4n) is 0.968. The summed E-state index contributed by atoms with van der Waals surface area (Å²) < 4.78 is 0. The lowest BCUT2D eigenvalue weighted by atomic mass is 10.00. The van der Waals surface area contributed by atoms with Crippen LogP contribution < -0.4 is 0 Å². The molecule has 0 spiro atoms. The van der Waals surface area contributed by atoms with Gasteiger partial charge < -0.3 is 5.11 Å². The zero-order valence-electron chi connectivity index (χ0n) is 6.47. The maximum atomic E-state index is 9.50. The van der Waals surface area contributed by atoms with Gasteiger partial charge >= 0.3 is 0 Å². The summed E-state index contributed by atoms with van der Waals surface area (Å²) >= 11 is 0. The molecule has 1 aromatic rings. The lowest BCUT2D eigenvalue weighted by molar-refractivity contribution is 0.0780. The van der Waals surface area contributed by atoms with Gasteiger partial charge in [0.25, 0.3) is 0 Å². The number of aryl methyl sites for hydroxylation is 1. The Bertz CT molecular complexity index is 222. The van der Waals surface area contributed by atoms with Crippen LogP contribution in [0.5, 0.6) is 0 Å². The van der Waals surface area contributed by atoms with E-state index in [0.29, 0.717) is 0 Å². The van der Waals surface area contributed by atoms with Crippen LogP contribution in [-0.2, 0) is 5.60 Å². The monoisotopic (exact) mass is 140 g/mol. The Morgan fingerprint density at radius 1 is 1.60 bits per heavy atom. The molecule has 0 amide bonds. The van der Waals surface area contributed by atoms with Gasteiger partial charge in [-0.15, -0.1) is 0 Å². The number of aromatic nitrogens is 2. The number of hydrogen-bond donors (Lipinski definition) is 2. The zero-order valence-corrected chi connectivity index (χ0v) is 6.47. The van der Waals surface area contributed by atoms with E-state index in [2.05, 4.69) is 10.2 Å². The zero-order chi connectivity index (χ0) is 7.78. The molecular weight excluding hydrogens is 128 g/mol. The molecule has 3 heteroatoms. The van der Waals surface area contributed by atoms with E-state index in [1.807, 2.05) is 6.92 Å². The second-order valence-corrected chi connectivity index (χ2v) is 2.97. The first-order chi connectivity index (χ1) is 4.52. The van der Waals surface area contributed by atoms with Gasteiger partial charge in [-0.05, 0) is 20.8 Å². The highest BCUT2D eigenvalue weighted by molar-refractivity contribution is 5.20. The Morgan fingerprint density at radius 3 is 2.40 bits per heavy atom. The maximum Gasteiger partial charge on any atom is 0.0873 e. The number of rotatable bonds is 1. The van der Waals surface area contributed by atoms with Gasteiger partial charge in [-0.3, -0.25) is 5.10 Å². The summed E-state index contributed by atoms with van der Waals surface area (Å²) in [4.78, 5) is 0. The Labute approximate surface area is 60.1 Å². The number of nitrogens with zero attached hydrogens (tertiary/aromatic N) is 1. The van der Waals surface area contributed by atoms with E-state index < -0.39 is 5.60 Å². The first kappa shape index (κ1) is 7.28. The van der Waals surface area contributed by atoms with Gasteiger partial charge in [0.15, 0.2) is 0 Å². The number of H-pyrrole nitrogens is 1. The van der Waals surface area contributed by atoms with Crippen LogP contribution in [-0.4, -0.2) is 15.3 Å². The van der Waals surface area contributed by atoms with Crippen molar-refractivity contribution in [3.63, 3.8) is 0 Å². The van der Waals surface area contributed by atoms with E-state index in [1.165, 1.54) is 0 Å². The molecule has 0 atom stereocenters. The maximum absolute atomic E-state index is 9.50. The van der Waals surface area contributed by atoms with Crippen molar-refractivity contribution >= 4 is 0 Å². The van der Waals surface area contributed by atoms with Crippen LogP contribution in [0.2, 0.25) is 0 Å². The minimum atomic E-state index is -0.781. The third-order valence-electron chi connectivity index (χ3n) is 1.49. The Kier molecular flexibility index (Phi) is 1.52. The van der Waals surface area contributed by atoms with E-state index in [0.717, 1.165) is 11.3 Å². The van der Waals surface area contributed by atoms with Crippen molar-refractivity contribution in [2.75, 3.05) is 0 Å². The van der Waals surface area contributed by atoms with Crippen molar-refractivity contribution in [1.29, 1.82) is 0 Å². The second-order valence-electron chi connectivity index (χ2n) is 2.97. The van der Waals surface area contributed by atoms with E-state index in [-0.39, 0.29) is 0 Å². The molecule has 1 rings (SSSR count). The number of aliphatic hydroxyl groups is 1. The molecule has 0 fully saturated rings. The van der Waals surface area contributed by atoms with Crippen molar-refractivity contribution in [1.82, 2.24) is 10.2 Å². The highest BCUT2D eigenvalue weighted by atomic mass is 16.3. The first-order valence-electron chi connectivity index (χ1n) is 3.24. The number of hydrogen-bond acceptors (Lipinski definition) is 2. The molecule has 1 aromatic heterocycles. The molecule has 0 bridgehead atoms. The van der Waals surface area contributed by atoms with Crippen LogP contribution >= 0.6 is 0 Å². The fourth-order valence-corrected chi connectivity index (χ4v) is 0.968. The van der Waals surface area contributed by atoms with E-state index >= 15 is 0 Å². The largest absolute Gasteiger partial charge is 0.386 e. The van der Waals surface area contributed by atoms with Gasteiger partial charge in [0, 0.05) is 11.3 Å². The molecule has 0 saturated carbocycles. The van der Waals surface area contributed by atoms with Crippen molar-refractivity contribution in [3.8, 4) is 0 Å². The minimum absolute atomic E-state index is 0.781. The Morgan fingerprint density at radius 2 is 2.20 bits per heavy atom. The summed E-state index contributed by atoms with van der Waals surface area (Å²) in [5.41, 5.74) is 0.997. The molecule has 0 radical (unpaired) electrons. The molecule has 0 saturated heterocycles. The van der Waals surface area contributed by atoms with Crippen LogP contribution in [0.15, 0.2) is 6.20 Å². The average Bonchev–Trinajstić information content (AvgIpc) is 2.11. The van der Waals surface area contributed by atoms with Gasteiger partial charge in [0.2, 0.25) is 0 Å². The van der Waals surface area contributed by atoms with Crippen LogP contribution in [0.4, 0.5) is 0 Å². The molecule has 0 unspecified atom stereocenters. The average molecular weight is 140 g/mol. The summed E-state index contributed by atoms with van der Waals surface area (Å²) in [5.74, 6) is 0. The molecule has 0 aliphatic heterocycles. The van der Waals surface area contributed by atoms with E-state index in [4.69, 9.17) is 0 Å². The molecule has 56 valence electrons. The molecule has 1 heterocycles. The lowest BCUT2D eigenvalue weighted by Crippen LogP contribution is -2.15. The summed E-state index contributed by atoms with van der Waals surface area (Å²) in [5, 5.41) is 16.1. The number of aromatic amines is 1. The van der Waals surface area contributed by atoms with Crippen LogP contribution in [0.1, 0.15) is 25.1 Å². The third kappa shape index (κ3) is 1.19. The predicted octanol–water partition coefficient (Wildman–Crippen LogP) is 0.946. The second kappa shape index (κ2) is 2.09. The lowest BCUT2D eigenvalue weighted by Gasteiger charge is -2.15. The van der Waals surface area contributed by atoms with Gasteiger partial charge in [0.1, 0.15) is 0 Å². The standard InChI is InChI=1S/C7H12N2O/c1-5-6(4-8-9-5)7(2,3)10/h4,10H,1-3H3,(H,8,9). The van der Waals surface area contributed by atoms with Gasteiger partial charge in [-0.1, -0.05) is 0 Å². The smallest absolute Gasteiger partial charge is 0.0873 e.